The lowest BCUT2D eigenvalue weighted by atomic mass is 10.1. The molecule has 2 aromatic rings. The fourth-order valence-electron chi connectivity index (χ4n) is 2.59. The molecule has 1 heterocycles. The van der Waals surface area contributed by atoms with Crippen LogP contribution >= 0.6 is 0 Å². The van der Waals surface area contributed by atoms with E-state index in [0.29, 0.717) is 5.92 Å². The van der Waals surface area contributed by atoms with E-state index in [2.05, 4.69) is 65.8 Å². The first kappa shape index (κ1) is 16.4. The Hall–Kier alpha value is -1.97. The number of aromatic amines is 1. The Morgan fingerprint density at radius 1 is 1.23 bits per heavy atom. The van der Waals surface area contributed by atoms with Gasteiger partial charge in [0.25, 0.3) is 0 Å². The van der Waals surface area contributed by atoms with Gasteiger partial charge in [-0.15, -0.1) is 0 Å². The van der Waals surface area contributed by atoms with Crippen molar-refractivity contribution in [2.24, 2.45) is 10.9 Å². The number of guanidine groups is 1. The molecule has 2 rings (SSSR count). The lowest BCUT2D eigenvalue weighted by molar-refractivity contribution is 0.573. The van der Waals surface area contributed by atoms with E-state index in [9.17, 15) is 0 Å². The van der Waals surface area contributed by atoms with Crippen molar-refractivity contribution in [3.8, 4) is 0 Å². The minimum Gasteiger partial charge on any atom is -0.361 e. The Kier molecular flexibility index (Phi) is 5.87. The quantitative estimate of drug-likeness (QED) is 0.567. The highest BCUT2D eigenvalue weighted by Crippen LogP contribution is 2.21. The number of fused-ring (bicyclic) bond motifs is 1. The molecular formula is C18H28N4. The van der Waals surface area contributed by atoms with Crippen LogP contribution in [0.25, 0.3) is 10.9 Å². The van der Waals surface area contributed by atoms with Crippen LogP contribution in [0.4, 0.5) is 0 Å². The number of para-hydroxylation sites is 1. The summed E-state index contributed by atoms with van der Waals surface area (Å²) >= 11 is 0. The van der Waals surface area contributed by atoms with E-state index in [1.54, 1.807) is 0 Å². The number of aliphatic imine (C=N–C) groups is 1. The summed E-state index contributed by atoms with van der Waals surface area (Å²) in [6.07, 6.45) is 4.26. The summed E-state index contributed by atoms with van der Waals surface area (Å²) in [7, 11) is 1.82. The Morgan fingerprint density at radius 2 is 2.00 bits per heavy atom. The molecule has 3 N–H and O–H groups in total. The van der Waals surface area contributed by atoms with Crippen LogP contribution in [-0.2, 0) is 6.42 Å². The highest BCUT2D eigenvalue weighted by molar-refractivity contribution is 5.86. The second kappa shape index (κ2) is 7.87. The molecule has 0 bridgehead atoms. The number of benzene rings is 1. The molecule has 0 radical (unpaired) electrons. The smallest absolute Gasteiger partial charge is 0.190 e. The summed E-state index contributed by atoms with van der Waals surface area (Å²) in [5.74, 6) is 1.59. The molecular weight excluding hydrogens is 272 g/mol. The average Bonchev–Trinajstić information content (AvgIpc) is 2.90. The number of nitrogens with one attached hydrogen (secondary N) is 3. The number of rotatable bonds is 6. The van der Waals surface area contributed by atoms with Crippen LogP contribution in [0.1, 0.15) is 31.4 Å². The second-order valence-electron chi connectivity index (χ2n) is 6.17. The van der Waals surface area contributed by atoms with Crippen LogP contribution in [0, 0.1) is 12.8 Å². The molecule has 0 fully saturated rings. The van der Waals surface area contributed by atoms with E-state index < -0.39 is 0 Å². The molecule has 0 saturated heterocycles. The average molecular weight is 300 g/mol. The highest BCUT2D eigenvalue weighted by atomic mass is 15.2. The number of hydrogen-bond acceptors (Lipinski definition) is 1. The van der Waals surface area contributed by atoms with Gasteiger partial charge in [-0.3, -0.25) is 4.99 Å². The van der Waals surface area contributed by atoms with Crippen molar-refractivity contribution in [3.05, 3.63) is 35.5 Å². The van der Waals surface area contributed by atoms with Crippen LogP contribution in [0.5, 0.6) is 0 Å². The summed E-state index contributed by atoms with van der Waals surface area (Å²) in [5, 5.41) is 8.07. The molecule has 4 heteroatoms. The predicted octanol–water partition coefficient (Wildman–Crippen LogP) is 3.23. The molecule has 22 heavy (non-hydrogen) atoms. The first-order valence-electron chi connectivity index (χ1n) is 8.12. The van der Waals surface area contributed by atoms with Gasteiger partial charge in [-0.1, -0.05) is 32.0 Å². The third-order valence-corrected chi connectivity index (χ3v) is 3.93. The molecule has 120 valence electrons. The zero-order chi connectivity index (χ0) is 15.9. The molecule has 0 atom stereocenters. The van der Waals surface area contributed by atoms with Crippen molar-refractivity contribution in [2.45, 2.75) is 33.6 Å². The molecule has 4 nitrogen and oxygen atoms in total. The predicted molar refractivity (Wildman–Crippen MR) is 95.6 cm³/mol. The maximum Gasteiger partial charge on any atom is 0.190 e. The van der Waals surface area contributed by atoms with Crippen molar-refractivity contribution < 1.29 is 0 Å². The summed E-state index contributed by atoms with van der Waals surface area (Å²) in [6.45, 7) is 8.45. The first-order valence-corrected chi connectivity index (χ1v) is 8.12. The minimum atomic E-state index is 0.708. The summed E-state index contributed by atoms with van der Waals surface area (Å²) in [4.78, 5) is 7.65. The Morgan fingerprint density at radius 3 is 2.73 bits per heavy atom. The number of aromatic nitrogens is 1. The summed E-state index contributed by atoms with van der Waals surface area (Å²) in [5.41, 5.74) is 3.89. The van der Waals surface area contributed by atoms with E-state index in [-0.39, 0.29) is 0 Å². The molecule has 0 amide bonds. The lowest BCUT2D eigenvalue weighted by Gasteiger charge is -2.12. The number of H-pyrrole nitrogens is 1. The maximum atomic E-state index is 4.27. The number of nitrogens with zero attached hydrogens (tertiary/aromatic N) is 1. The van der Waals surface area contributed by atoms with Crippen molar-refractivity contribution >= 4 is 16.9 Å². The zero-order valence-corrected chi connectivity index (χ0v) is 14.2. The minimum absolute atomic E-state index is 0.708. The van der Waals surface area contributed by atoms with Crippen molar-refractivity contribution in [1.29, 1.82) is 0 Å². The topological polar surface area (TPSA) is 52.2 Å². The zero-order valence-electron chi connectivity index (χ0n) is 14.2. The fourth-order valence-corrected chi connectivity index (χ4v) is 2.59. The third-order valence-electron chi connectivity index (χ3n) is 3.93. The monoisotopic (exact) mass is 300 g/mol. The molecule has 0 saturated carbocycles. The van der Waals surface area contributed by atoms with Gasteiger partial charge in [0.05, 0.1) is 0 Å². The van der Waals surface area contributed by atoms with Crippen LogP contribution in [0.2, 0.25) is 0 Å². The normalized spacial score (nSPS) is 12.1. The molecule has 0 unspecified atom stereocenters. The molecule has 0 spiro atoms. The number of hydrogen-bond donors (Lipinski definition) is 3. The van der Waals surface area contributed by atoms with Gasteiger partial charge in [0.15, 0.2) is 5.96 Å². The van der Waals surface area contributed by atoms with Gasteiger partial charge in [0.1, 0.15) is 0 Å². The van der Waals surface area contributed by atoms with Gasteiger partial charge in [-0.25, -0.2) is 0 Å². The SMILES string of the molecule is CN=C(NCCc1c[nH]c2c(C)cccc12)NCCC(C)C. The lowest BCUT2D eigenvalue weighted by Crippen LogP contribution is -2.39. The van der Waals surface area contributed by atoms with Gasteiger partial charge in [-0.05, 0) is 36.8 Å². The van der Waals surface area contributed by atoms with Gasteiger partial charge in [0.2, 0.25) is 0 Å². The third kappa shape index (κ3) is 4.26. The summed E-state index contributed by atoms with van der Waals surface area (Å²) < 4.78 is 0. The van der Waals surface area contributed by atoms with E-state index >= 15 is 0 Å². The Bertz CT molecular complexity index is 625. The van der Waals surface area contributed by atoms with Gasteiger partial charge < -0.3 is 15.6 Å². The molecule has 1 aromatic carbocycles. The van der Waals surface area contributed by atoms with Gasteiger partial charge in [0, 0.05) is 37.2 Å². The molecule has 1 aromatic heterocycles. The van der Waals surface area contributed by atoms with E-state index in [0.717, 1.165) is 31.9 Å². The van der Waals surface area contributed by atoms with Crippen LogP contribution < -0.4 is 10.6 Å². The van der Waals surface area contributed by atoms with Crippen molar-refractivity contribution in [2.75, 3.05) is 20.1 Å². The number of aryl methyl sites for hydroxylation is 1. The highest BCUT2D eigenvalue weighted by Gasteiger charge is 2.05. The molecule has 0 aliphatic heterocycles. The standard InChI is InChI=1S/C18H28N4/c1-13(2)8-10-20-18(19-4)21-11-9-15-12-22-17-14(3)6-5-7-16(15)17/h5-7,12-13,22H,8-11H2,1-4H3,(H2,19,20,21). The van der Waals surface area contributed by atoms with Crippen molar-refractivity contribution in [1.82, 2.24) is 15.6 Å². The second-order valence-corrected chi connectivity index (χ2v) is 6.17. The van der Waals surface area contributed by atoms with Crippen LogP contribution in [0.3, 0.4) is 0 Å². The van der Waals surface area contributed by atoms with Crippen LogP contribution in [0.15, 0.2) is 29.4 Å². The first-order chi connectivity index (χ1) is 10.6. The molecule has 0 aliphatic rings. The maximum absolute atomic E-state index is 4.27. The van der Waals surface area contributed by atoms with Crippen LogP contribution in [-0.4, -0.2) is 31.1 Å². The van der Waals surface area contributed by atoms with Gasteiger partial charge >= 0.3 is 0 Å². The Balaban J connectivity index is 1.85. The summed E-state index contributed by atoms with van der Waals surface area (Å²) in [6, 6.07) is 6.44. The van der Waals surface area contributed by atoms with Gasteiger partial charge in [-0.2, -0.15) is 0 Å². The molecule has 0 aliphatic carbocycles. The van der Waals surface area contributed by atoms with Crippen molar-refractivity contribution in [3.63, 3.8) is 0 Å². The van der Waals surface area contributed by atoms with E-state index in [4.69, 9.17) is 0 Å². The van der Waals surface area contributed by atoms with E-state index in [1.165, 1.54) is 22.0 Å². The van der Waals surface area contributed by atoms with E-state index in [1.807, 2.05) is 7.05 Å². The largest absolute Gasteiger partial charge is 0.361 e. The fraction of sp³-hybridized carbons (Fsp3) is 0.500. The Labute approximate surface area is 133 Å².